The average Bonchev–Trinajstić information content (AvgIpc) is 3.72. The zero-order valence-corrected chi connectivity index (χ0v) is 33.6. The fourth-order valence-corrected chi connectivity index (χ4v) is 7.62. The highest BCUT2D eigenvalue weighted by molar-refractivity contribution is 7.79. The number of hydrogen-bond donors (Lipinski definition) is 2. The summed E-state index contributed by atoms with van der Waals surface area (Å²) in [4.78, 5) is 19.1. The molecule has 15 heteroatoms. The molecule has 4 heterocycles. The third-order valence-corrected chi connectivity index (χ3v) is 10.6. The van der Waals surface area contributed by atoms with Gasteiger partial charge in [-0.3, -0.25) is 18.8 Å². The molecule has 2 N–H and O–H groups in total. The molecule has 0 aliphatic carbocycles. The normalized spacial score (nSPS) is 20.2. The molecule has 4 aromatic carbocycles. The number of benzene rings is 4. The number of rotatable bonds is 9. The lowest BCUT2D eigenvalue weighted by molar-refractivity contribution is -0.135. The van der Waals surface area contributed by atoms with Gasteiger partial charge in [0.15, 0.2) is 18.1 Å². The van der Waals surface area contributed by atoms with Crippen molar-refractivity contribution < 1.29 is 41.3 Å². The number of halogens is 2. The standard InChI is InChI=1S/C21H25NO.C20H21ClN2O4.ClH.H2O4S/c1-22-18-12-13-19(22)15-20(14-18)23-21(16-8-4-2-5-9-16)17-10-6-3-7-11-17;21-16-2-4-17(5-3-16)25-13-20(24)23-9-7-22(8-10-23)12-15-1-6-18-19(11-15)27-14-26-18;;1-5(2,3)4/h2-11,18-21H,12-15H2,1H3;1-6,11H,7-10,12-14H2;1H;(H2,1,2,3,4). The molecule has 2 bridgehead atoms. The second-order valence-corrected chi connectivity index (χ2v) is 15.3. The van der Waals surface area contributed by atoms with Crippen LogP contribution in [0.5, 0.6) is 17.2 Å². The largest absolute Gasteiger partial charge is 0.484 e. The van der Waals surface area contributed by atoms with E-state index in [4.69, 9.17) is 48.1 Å². The molecule has 3 saturated heterocycles. The van der Waals surface area contributed by atoms with Gasteiger partial charge in [-0.25, -0.2) is 0 Å². The molecular weight excluding hydrogens is 781 g/mol. The Morgan fingerprint density at radius 1 is 0.821 bits per heavy atom. The first-order valence-electron chi connectivity index (χ1n) is 18.4. The van der Waals surface area contributed by atoms with E-state index in [0.717, 1.165) is 31.1 Å². The Hall–Kier alpha value is -3.92. The van der Waals surface area contributed by atoms with Gasteiger partial charge >= 0.3 is 10.4 Å². The number of hydrogen-bond acceptors (Lipinski definition) is 9. The summed E-state index contributed by atoms with van der Waals surface area (Å²) in [6, 6.07) is 35.8. The predicted molar refractivity (Wildman–Crippen MR) is 216 cm³/mol. The quantitative estimate of drug-likeness (QED) is 0.169. The van der Waals surface area contributed by atoms with Crippen molar-refractivity contribution in [1.82, 2.24) is 14.7 Å². The molecule has 4 aliphatic heterocycles. The van der Waals surface area contributed by atoms with E-state index in [-0.39, 0.29) is 37.8 Å². The van der Waals surface area contributed by atoms with Gasteiger partial charge in [-0.15, -0.1) is 12.4 Å². The van der Waals surface area contributed by atoms with E-state index >= 15 is 0 Å². The van der Waals surface area contributed by atoms with Gasteiger partial charge in [0.1, 0.15) is 11.9 Å². The molecule has 8 rings (SSSR count). The monoisotopic (exact) mass is 829 g/mol. The van der Waals surface area contributed by atoms with Gasteiger partial charge in [0.05, 0.1) is 6.10 Å². The minimum Gasteiger partial charge on any atom is -0.484 e. The maximum absolute atomic E-state index is 12.4. The highest BCUT2D eigenvalue weighted by Gasteiger charge is 2.39. The van der Waals surface area contributed by atoms with E-state index in [1.165, 1.54) is 42.4 Å². The van der Waals surface area contributed by atoms with Crippen molar-refractivity contribution in [2.75, 3.05) is 46.6 Å². The second kappa shape index (κ2) is 20.5. The molecule has 302 valence electrons. The van der Waals surface area contributed by atoms with E-state index in [0.29, 0.717) is 42.0 Å². The van der Waals surface area contributed by atoms with Crippen LogP contribution in [0.3, 0.4) is 0 Å². The summed E-state index contributed by atoms with van der Waals surface area (Å²) in [5, 5.41) is 0.646. The van der Waals surface area contributed by atoms with Crippen LogP contribution in [0.25, 0.3) is 0 Å². The number of carbonyl (C=O) groups excluding carboxylic acids is 1. The van der Waals surface area contributed by atoms with Crippen LogP contribution in [0, 0.1) is 0 Å². The van der Waals surface area contributed by atoms with Crippen molar-refractivity contribution in [1.29, 1.82) is 0 Å². The highest BCUT2D eigenvalue weighted by atomic mass is 35.5. The molecule has 12 nitrogen and oxygen atoms in total. The number of piperazine rings is 1. The van der Waals surface area contributed by atoms with E-state index < -0.39 is 10.4 Å². The number of nitrogens with zero attached hydrogens (tertiary/aromatic N) is 3. The summed E-state index contributed by atoms with van der Waals surface area (Å²) in [6.07, 6.45) is 5.43. The Morgan fingerprint density at radius 3 is 1.95 bits per heavy atom. The topological polar surface area (TPSA) is 138 Å². The van der Waals surface area contributed by atoms with Crippen molar-refractivity contribution in [3.63, 3.8) is 0 Å². The Kier molecular flexibility index (Phi) is 15.8. The molecule has 4 aromatic rings. The van der Waals surface area contributed by atoms with Crippen molar-refractivity contribution in [3.05, 3.63) is 125 Å². The SMILES string of the molecule is CN1C2CCC1CC(OC(c1ccccc1)c1ccccc1)C2.Cl.O=C(COc1ccc(Cl)cc1)N1CCN(Cc2ccc3c(c2)OCO3)CC1.O=S(=O)(O)O. The summed E-state index contributed by atoms with van der Waals surface area (Å²) in [7, 11) is -2.38. The minimum atomic E-state index is -4.67. The smallest absolute Gasteiger partial charge is 0.394 e. The third kappa shape index (κ3) is 12.8. The van der Waals surface area contributed by atoms with Gasteiger partial charge < -0.3 is 28.7 Å². The van der Waals surface area contributed by atoms with Gasteiger partial charge in [0.2, 0.25) is 6.79 Å². The molecule has 2 unspecified atom stereocenters. The van der Waals surface area contributed by atoms with Crippen LogP contribution >= 0.6 is 24.0 Å². The maximum Gasteiger partial charge on any atom is 0.394 e. The van der Waals surface area contributed by atoms with E-state index in [1.807, 2.05) is 17.0 Å². The fraction of sp³-hybridized carbons (Fsp3) is 0.390. The van der Waals surface area contributed by atoms with Gasteiger partial charge in [-0.05, 0) is 85.8 Å². The number of ether oxygens (including phenoxy) is 4. The molecule has 1 amide bonds. The van der Waals surface area contributed by atoms with E-state index in [2.05, 4.69) is 83.6 Å². The van der Waals surface area contributed by atoms with Gasteiger partial charge in [0.25, 0.3) is 5.91 Å². The number of amides is 1. The predicted octanol–water partition coefficient (Wildman–Crippen LogP) is 6.98. The van der Waals surface area contributed by atoms with Crippen LogP contribution < -0.4 is 14.2 Å². The van der Waals surface area contributed by atoms with Crippen LogP contribution in [0.15, 0.2) is 103 Å². The number of piperidine rings is 1. The molecule has 0 saturated carbocycles. The average molecular weight is 831 g/mol. The molecule has 0 aromatic heterocycles. The van der Waals surface area contributed by atoms with Crippen LogP contribution in [0.1, 0.15) is 48.5 Å². The first kappa shape index (κ1) is 43.2. The zero-order chi connectivity index (χ0) is 38.8. The Bertz CT molecular complexity index is 1880. The van der Waals surface area contributed by atoms with E-state index in [9.17, 15) is 4.79 Å². The van der Waals surface area contributed by atoms with Crippen molar-refractivity contribution in [3.8, 4) is 17.2 Å². The highest BCUT2D eigenvalue weighted by Crippen LogP contribution is 2.39. The first-order valence-corrected chi connectivity index (χ1v) is 20.2. The Morgan fingerprint density at radius 2 is 1.38 bits per heavy atom. The molecule has 0 radical (unpaired) electrons. The lowest BCUT2D eigenvalue weighted by atomic mass is 9.97. The third-order valence-electron chi connectivity index (χ3n) is 10.3. The second-order valence-electron chi connectivity index (χ2n) is 14.0. The summed E-state index contributed by atoms with van der Waals surface area (Å²) >= 11 is 5.85. The molecular formula is C41H49Cl2N3O9S. The summed E-state index contributed by atoms with van der Waals surface area (Å²) in [6.45, 7) is 4.24. The zero-order valence-electron chi connectivity index (χ0n) is 31.2. The van der Waals surface area contributed by atoms with Crippen molar-refractivity contribution in [2.45, 2.75) is 56.5 Å². The maximum atomic E-state index is 12.4. The van der Waals surface area contributed by atoms with Crippen LogP contribution in [0.2, 0.25) is 5.02 Å². The van der Waals surface area contributed by atoms with E-state index in [1.54, 1.807) is 24.3 Å². The fourth-order valence-electron chi connectivity index (χ4n) is 7.49. The summed E-state index contributed by atoms with van der Waals surface area (Å²) < 4.78 is 54.6. The van der Waals surface area contributed by atoms with Gasteiger partial charge in [0, 0.05) is 49.8 Å². The van der Waals surface area contributed by atoms with Gasteiger partial charge in [-0.2, -0.15) is 8.42 Å². The molecule has 0 spiro atoms. The first-order chi connectivity index (χ1) is 26.5. The van der Waals surface area contributed by atoms with Crippen LogP contribution in [0.4, 0.5) is 0 Å². The van der Waals surface area contributed by atoms with Crippen LogP contribution in [-0.4, -0.2) is 103 Å². The lowest BCUT2D eigenvalue weighted by Gasteiger charge is -2.38. The van der Waals surface area contributed by atoms with Crippen molar-refractivity contribution in [2.24, 2.45) is 0 Å². The Labute approximate surface area is 340 Å². The molecule has 4 aliphatic rings. The van der Waals surface area contributed by atoms with Crippen LogP contribution in [-0.2, 0) is 26.5 Å². The summed E-state index contributed by atoms with van der Waals surface area (Å²) in [5.74, 6) is 2.26. The minimum absolute atomic E-state index is 0. The molecule has 3 fully saturated rings. The number of carbonyl (C=O) groups is 1. The number of fused-ring (bicyclic) bond motifs is 3. The summed E-state index contributed by atoms with van der Waals surface area (Å²) in [5.41, 5.74) is 3.69. The Balaban J connectivity index is 0.000000190. The lowest BCUT2D eigenvalue weighted by Crippen LogP contribution is -2.49. The van der Waals surface area contributed by atoms with Crippen molar-refractivity contribution >= 4 is 40.3 Å². The molecule has 56 heavy (non-hydrogen) atoms. The van der Waals surface area contributed by atoms with Gasteiger partial charge in [-0.1, -0.05) is 78.3 Å². The molecule has 2 atom stereocenters.